The number of carbonyl (C=O) groups excluding carboxylic acids is 1. The van der Waals surface area contributed by atoms with Crippen LogP contribution in [-0.2, 0) is 4.79 Å². The van der Waals surface area contributed by atoms with E-state index in [2.05, 4.69) is 121 Å². The average Bonchev–Trinajstić information content (AvgIpc) is 3.86. The van der Waals surface area contributed by atoms with Crippen LogP contribution in [0.15, 0.2) is 91.4 Å². The first-order chi connectivity index (χ1) is 28.3. The molecule has 5 aromatic rings. The number of carbonyl (C=O) groups is 1. The fraction of sp³-hybridized carbons (Fsp3) is 0.404. The van der Waals surface area contributed by atoms with Gasteiger partial charge in [-0.2, -0.15) is 0 Å². The largest absolute Gasteiger partial charge is 0.474 e. The summed E-state index contributed by atoms with van der Waals surface area (Å²) >= 11 is 0. The summed E-state index contributed by atoms with van der Waals surface area (Å²) in [6, 6.07) is 23.8. The number of aromatic nitrogens is 3. The van der Waals surface area contributed by atoms with E-state index in [0.717, 1.165) is 102 Å². The average molecular weight is 776 g/mol. The fourth-order valence-electron chi connectivity index (χ4n) is 10.1. The van der Waals surface area contributed by atoms with Crippen LogP contribution >= 0.6 is 0 Å². The molecule has 10 rings (SSSR count). The first kappa shape index (κ1) is 36.6. The summed E-state index contributed by atoms with van der Waals surface area (Å²) < 4.78 is 5.73. The lowest BCUT2D eigenvalue weighted by atomic mass is 9.86. The Bertz CT molecular complexity index is 2340. The molecular formula is C47H53N9O2. The van der Waals surface area contributed by atoms with Gasteiger partial charge in [0.2, 0.25) is 17.7 Å². The maximum absolute atomic E-state index is 12.5. The number of hydrogen-bond donors (Lipinski definition) is 3. The number of piperidine rings is 2. The quantitative estimate of drug-likeness (QED) is 0.144. The normalized spacial score (nSPS) is 22.5. The number of ether oxygens (including phenoxy) is 1. The van der Waals surface area contributed by atoms with Crippen LogP contribution in [0.3, 0.4) is 0 Å². The van der Waals surface area contributed by atoms with Crippen molar-refractivity contribution < 1.29 is 9.53 Å². The molecule has 2 unspecified atom stereocenters. The van der Waals surface area contributed by atoms with Gasteiger partial charge in [0.1, 0.15) is 12.3 Å². The van der Waals surface area contributed by atoms with E-state index in [0.29, 0.717) is 23.9 Å². The summed E-state index contributed by atoms with van der Waals surface area (Å²) in [5, 5.41) is 10.8. The maximum atomic E-state index is 12.5. The second kappa shape index (κ2) is 15.2. The molecule has 2 aromatic heterocycles. The van der Waals surface area contributed by atoms with Crippen LogP contribution in [-0.4, -0.2) is 84.7 Å². The number of amides is 1. The van der Waals surface area contributed by atoms with Crippen LogP contribution in [0.1, 0.15) is 55.6 Å². The molecule has 11 nitrogen and oxygen atoms in total. The molecule has 4 saturated heterocycles. The number of rotatable bonds is 8. The molecule has 0 bridgehead atoms. The Morgan fingerprint density at radius 2 is 1.69 bits per heavy atom. The van der Waals surface area contributed by atoms with Gasteiger partial charge in [-0.05, 0) is 117 Å². The second-order valence-corrected chi connectivity index (χ2v) is 17.3. The molecular weight excluding hydrogens is 723 g/mol. The highest BCUT2D eigenvalue weighted by Crippen LogP contribution is 2.42. The van der Waals surface area contributed by atoms with E-state index in [1.165, 1.54) is 56.7 Å². The molecule has 11 heteroatoms. The molecule has 3 N–H and O–H groups in total. The summed E-state index contributed by atoms with van der Waals surface area (Å²) in [7, 11) is 0. The van der Waals surface area contributed by atoms with E-state index in [1.807, 2.05) is 12.4 Å². The Morgan fingerprint density at radius 3 is 2.52 bits per heavy atom. The van der Waals surface area contributed by atoms with Crippen molar-refractivity contribution in [3.05, 3.63) is 103 Å². The smallest absolute Gasteiger partial charge is 0.237 e. The topological polar surface area (TPSA) is 111 Å². The van der Waals surface area contributed by atoms with Crippen molar-refractivity contribution in [1.29, 1.82) is 0 Å². The lowest BCUT2D eigenvalue weighted by Crippen LogP contribution is -2.39. The van der Waals surface area contributed by atoms with E-state index in [1.54, 1.807) is 0 Å². The number of nitrogens with one attached hydrogen (secondary N) is 3. The lowest BCUT2D eigenvalue weighted by Gasteiger charge is -2.35. The Balaban J connectivity index is 0.704. The molecule has 1 amide bonds. The Kier molecular flexibility index (Phi) is 9.63. The molecule has 0 saturated carbocycles. The first-order valence-corrected chi connectivity index (χ1v) is 21.2. The Labute approximate surface area is 340 Å². The van der Waals surface area contributed by atoms with Gasteiger partial charge in [-0.1, -0.05) is 30.8 Å². The molecule has 1 spiro atoms. The van der Waals surface area contributed by atoms with E-state index < -0.39 is 0 Å². The predicted octanol–water partition coefficient (Wildman–Crippen LogP) is 7.87. The summed E-state index contributed by atoms with van der Waals surface area (Å²) in [6.07, 6.45) is 10.5. The SMILES string of the molecule is C=C1CCC(c2ccc(N3CCC4(CCN(CC5CCN(c6ccc(Nc7ncc8ccc(-c9cnc%10c(c9C)NCCO%10)cc8n7)cc6)CC5)C4)C3)cc2)C(=O)N1. The molecule has 7 heterocycles. The zero-order valence-corrected chi connectivity index (χ0v) is 33.5. The van der Waals surface area contributed by atoms with Gasteiger partial charge in [-0.15, -0.1) is 0 Å². The third kappa shape index (κ3) is 7.32. The van der Waals surface area contributed by atoms with Crippen molar-refractivity contribution in [3.8, 4) is 17.0 Å². The molecule has 0 aliphatic carbocycles. The molecule has 58 heavy (non-hydrogen) atoms. The summed E-state index contributed by atoms with van der Waals surface area (Å²) in [5.41, 5.74) is 11.0. The molecule has 5 aliphatic heterocycles. The van der Waals surface area contributed by atoms with Crippen molar-refractivity contribution in [2.45, 2.75) is 51.4 Å². The summed E-state index contributed by atoms with van der Waals surface area (Å²) in [5.74, 6) is 2.00. The van der Waals surface area contributed by atoms with E-state index in [9.17, 15) is 4.79 Å². The van der Waals surface area contributed by atoms with Crippen molar-refractivity contribution in [3.63, 3.8) is 0 Å². The number of anilines is 5. The fourth-order valence-corrected chi connectivity index (χ4v) is 10.1. The van der Waals surface area contributed by atoms with Gasteiger partial charge < -0.3 is 35.4 Å². The number of likely N-dealkylation sites (tertiary alicyclic amines) is 1. The molecule has 2 atom stereocenters. The van der Waals surface area contributed by atoms with Gasteiger partial charge in [0.25, 0.3) is 0 Å². The van der Waals surface area contributed by atoms with Crippen LogP contribution in [0.2, 0.25) is 0 Å². The number of nitrogens with zero attached hydrogens (tertiary/aromatic N) is 6. The highest BCUT2D eigenvalue weighted by molar-refractivity contribution is 5.87. The van der Waals surface area contributed by atoms with Gasteiger partial charge in [0.05, 0.1) is 11.4 Å². The zero-order valence-electron chi connectivity index (χ0n) is 33.5. The highest BCUT2D eigenvalue weighted by Gasteiger charge is 2.44. The molecule has 3 aromatic carbocycles. The van der Waals surface area contributed by atoms with Crippen molar-refractivity contribution in [2.75, 3.05) is 79.4 Å². The van der Waals surface area contributed by atoms with Crippen molar-refractivity contribution in [2.24, 2.45) is 11.3 Å². The predicted molar refractivity (Wildman–Crippen MR) is 232 cm³/mol. The highest BCUT2D eigenvalue weighted by atomic mass is 16.5. The standard InChI is InChI=1S/C47H53N9O2/c1-31-3-14-40(44(57)51-31)34-6-10-39(11-7-34)56-23-18-47(30-56)17-22-54(29-47)28-33-15-20-55(21-16-33)38-12-8-37(9-13-38)52-46-50-26-36-5-4-35(25-42(36)53-46)41-27-49-45-43(32(41)2)48-19-24-58-45/h4-13,25-27,33,40,48H,1,3,14-24,28-30H2,2H3,(H,51,57)(H,50,52,53). The van der Waals surface area contributed by atoms with E-state index in [-0.39, 0.29) is 11.8 Å². The minimum Gasteiger partial charge on any atom is -0.474 e. The number of pyridine rings is 1. The van der Waals surface area contributed by atoms with Crippen molar-refractivity contribution in [1.82, 2.24) is 25.2 Å². The van der Waals surface area contributed by atoms with Gasteiger partial charge in [-0.3, -0.25) is 4.79 Å². The van der Waals surface area contributed by atoms with Crippen LogP contribution in [0.25, 0.3) is 22.0 Å². The Morgan fingerprint density at radius 1 is 0.897 bits per heavy atom. The molecule has 5 aliphatic rings. The summed E-state index contributed by atoms with van der Waals surface area (Å²) in [6.45, 7) is 15.5. The van der Waals surface area contributed by atoms with Gasteiger partial charge >= 0.3 is 0 Å². The molecule has 4 fully saturated rings. The molecule has 298 valence electrons. The minimum atomic E-state index is -0.0697. The number of hydrogen-bond acceptors (Lipinski definition) is 10. The van der Waals surface area contributed by atoms with Crippen LogP contribution in [0, 0.1) is 18.3 Å². The lowest BCUT2D eigenvalue weighted by molar-refractivity contribution is -0.122. The van der Waals surface area contributed by atoms with E-state index in [4.69, 9.17) is 9.72 Å². The minimum absolute atomic E-state index is 0.0697. The zero-order chi connectivity index (χ0) is 39.2. The molecule has 0 radical (unpaired) electrons. The number of benzene rings is 3. The number of allylic oxidation sites excluding steroid dienone is 1. The third-order valence-electron chi connectivity index (χ3n) is 13.4. The van der Waals surface area contributed by atoms with Gasteiger partial charge in [0, 0.05) is 97.3 Å². The summed E-state index contributed by atoms with van der Waals surface area (Å²) in [4.78, 5) is 34.5. The third-order valence-corrected chi connectivity index (χ3v) is 13.4. The van der Waals surface area contributed by atoms with Crippen molar-refractivity contribution >= 4 is 45.5 Å². The maximum Gasteiger partial charge on any atom is 0.237 e. The van der Waals surface area contributed by atoms with Crippen LogP contribution in [0.5, 0.6) is 5.88 Å². The van der Waals surface area contributed by atoms with Gasteiger partial charge in [-0.25, -0.2) is 15.0 Å². The first-order valence-electron chi connectivity index (χ1n) is 21.2. The Hall–Kier alpha value is -5.68. The van der Waals surface area contributed by atoms with Crippen LogP contribution < -0.4 is 30.5 Å². The van der Waals surface area contributed by atoms with Gasteiger partial charge in [0.15, 0.2) is 0 Å². The second-order valence-electron chi connectivity index (χ2n) is 17.3. The van der Waals surface area contributed by atoms with Crippen LogP contribution in [0.4, 0.5) is 28.7 Å². The monoisotopic (exact) mass is 775 g/mol. The number of fused-ring (bicyclic) bond motifs is 2. The van der Waals surface area contributed by atoms with E-state index >= 15 is 0 Å².